The summed E-state index contributed by atoms with van der Waals surface area (Å²) in [7, 11) is 0. The van der Waals surface area contributed by atoms with Crippen molar-refractivity contribution in [3.05, 3.63) is 11.7 Å². The van der Waals surface area contributed by atoms with Crippen LogP contribution in [0.1, 0.15) is 6.92 Å². The lowest BCUT2D eigenvalue weighted by molar-refractivity contribution is -0.239. The Balaban J connectivity index is 0. The average Bonchev–Trinajstić information content (AvgIpc) is 1.85. The number of aliphatic hydroxyl groups excluding tert-OH is 2. The molecule has 0 aliphatic carbocycles. The van der Waals surface area contributed by atoms with E-state index in [-0.39, 0.29) is 0 Å². The van der Waals surface area contributed by atoms with Crippen molar-refractivity contribution in [2.24, 2.45) is 11.5 Å². The Labute approximate surface area is 62.4 Å². The van der Waals surface area contributed by atoms with E-state index in [2.05, 4.69) is 16.4 Å². The van der Waals surface area contributed by atoms with Crippen LogP contribution in [0.15, 0.2) is 11.7 Å². The zero-order valence-corrected chi connectivity index (χ0v) is 5.81. The molecule has 0 aliphatic heterocycles. The number of carbonyl (C=O) groups excluding carboxylic acids is 1. The lowest BCUT2D eigenvalue weighted by Gasteiger charge is -1.91. The third-order valence-corrected chi connectivity index (χ3v) is 0.396. The molecule has 0 radical (unpaired) electrons. The Morgan fingerprint density at radius 2 is 1.64 bits per heavy atom. The molecule has 7 nitrogen and oxygen atoms in total. The largest absolute Gasteiger partial charge is 0.506 e. The Kier molecular flexibility index (Phi) is 7.13. The smallest absolute Gasteiger partial charge is 0.352 e. The van der Waals surface area contributed by atoms with Gasteiger partial charge in [-0.1, -0.05) is 0 Å². The molecule has 0 aromatic carbocycles. The van der Waals surface area contributed by atoms with Crippen LogP contribution in [0.2, 0.25) is 0 Å². The SMILES string of the molecule is CC(O)=C(O)OO.NC(N)=O. The second-order valence-corrected chi connectivity index (χ2v) is 1.38. The van der Waals surface area contributed by atoms with Crippen LogP contribution in [0, 0.1) is 0 Å². The standard InChI is InChI=1S/C3H6O4.CH4N2O/c1-2(4)3(5)7-6;2-1(3)4/h4-6H,1H3;(H4,2,3,4). The predicted octanol–water partition coefficient (Wildman–Crippen LogP) is -0.195. The molecule has 7 N–H and O–H groups in total. The highest BCUT2D eigenvalue weighted by Crippen LogP contribution is 1.93. The topological polar surface area (TPSA) is 139 Å². The van der Waals surface area contributed by atoms with E-state index >= 15 is 0 Å². The van der Waals surface area contributed by atoms with Gasteiger partial charge in [-0.2, -0.15) is 5.26 Å². The molecule has 0 rings (SSSR count). The number of carbonyl (C=O) groups is 1. The van der Waals surface area contributed by atoms with Gasteiger partial charge in [-0.05, 0) is 0 Å². The molecule has 0 aliphatic rings. The molecule has 7 heteroatoms. The molecule has 2 amide bonds. The van der Waals surface area contributed by atoms with Gasteiger partial charge in [0.25, 0.3) is 0 Å². The first-order valence-corrected chi connectivity index (χ1v) is 2.37. The van der Waals surface area contributed by atoms with E-state index in [1.54, 1.807) is 0 Å². The fourth-order valence-corrected chi connectivity index (χ4v) is 0.0661. The molecule has 0 fully saturated rings. The van der Waals surface area contributed by atoms with Crippen LogP contribution in [-0.2, 0) is 4.89 Å². The van der Waals surface area contributed by atoms with Crippen molar-refractivity contribution in [3.8, 4) is 0 Å². The summed E-state index contributed by atoms with van der Waals surface area (Å²) in [5.41, 5.74) is 8.50. The van der Waals surface area contributed by atoms with Crippen molar-refractivity contribution >= 4 is 6.03 Å². The summed E-state index contributed by atoms with van der Waals surface area (Å²) in [5.74, 6) is -1.33. The quantitative estimate of drug-likeness (QED) is 0.208. The summed E-state index contributed by atoms with van der Waals surface area (Å²) in [4.78, 5) is 12.2. The summed E-state index contributed by atoms with van der Waals surface area (Å²) in [6.07, 6.45) is 0. The Hall–Kier alpha value is -1.63. The van der Waals surface area contributed by atoms with Gasteiger partial charge in [0.15, 0.2) is 5.76 Å². The van der Waals surface area contributed by atoms with Gasteiger partial charge in [-0.3, -0.25) is 4.89 Å². The van der Waals surface area contributed by atoms with Crippen LogP contribution in [0.25, 0.3) is 0 Å². The summed E-state index contributed by atoms with van der Waals surface area (Å²) in [5, 5.41) is 23.8. The lowest BCUT2D eigenvalue weighted by atomic mass is 10.6. The van der Waals surface area contributed by atoms with Gasteiger partial charge in [0.2, 0.25) is 0 Å². The first-order valence-electron chi connectivity index (χ1n) is 2.37. The minimum Gasteiger partial charge on any atom is -0.506 e. The van der Waals surface area contributed by atoms with Crippen molar-refractivity contribution in [2.45, 2.75) is 6.92 Å². The normalized spacial score (nSPS) is 10.4. The van der Waals surface area contributed by atoms with Crippen molar-refractivity contribution in [2.75, 3.05) is 0 Å². The lowest BCUT2D eigenvalue weighted by Crippen LogP contribution is -2.18. The van der Waals surface area contributed by atoms with Crippen LogP contribution >= 0.6 is 0 Å². The van der Waals surface area contributed by atoms with Gasteiger partial charge in [0, 0.05) is 6.92 Å². The van der Waals surface area contributed by atoms with Crippen LogP contribution in [0.3, 0.4) is 0 Å². The van der Waals surface area contributed by atoms with E-state index in [0.717, 1.165) is 0 Å². The zero-order valence-electron chi connectivity index (χ0n) is 5.81. The monoisotopic (exact) mass is 166 g/mol. The number of urea groups is 1. The summed E-state index contributed by atoms with van der Waals surface area (Å²) in [6, 6.07) is -0.833. The Morgan fingerprint density at radius 3 is 1.64 bits per heavy atom. The first kappa shape index (κ1) is 12.1. The third-order valence-electron chi connectivity index (χ3n) is 0.396. The van der Waals surface area contributed by atoms with E-state index in [1.165, 1.54) is 6.92 Å². The molecule has 0 saturated heterocycles. The number of amides is 2. The van der Waals surface area contributed by atoms with Gasteiger partial charge < -0.3 is 21.7 Å². The molecule has 0 unspecified atom stereocenters. The second kappa shape index (κ2) is 6.49. The number of allylic oxidation sites excluding steroid dienone is 1. The fraction of sp³-hybridized carbons (Fsp3) is 0.250. The van der Waals surface area contributed by atoms with Crippen LogP contribution in [0.5, 0.6) is 0 Å². The maximum atomic E-state index is 9.00. The average molecular weight is 166 g/mol. The molecular weight excluding hydrogens is 156 g/mol. The Bertz CT molecular complexity index is 147. The molecule has 0 heterocycles. The molecule has 0 bridgehead atoms. The van der Waals surface area contributed by atoms with E-state index < -0.39 is 17.7 Å². The van der Waals surface area contributed by atoms with E-state index in [9.17, 15) is 0 Å². The van der Waals surface area contributed by atoms with Gasteiger partial charge in [0.05, 0.1) is 0 Å². The number of aliphatic hydroxyl groups is 2. The number of rotatable bonds is 1. The van der Waals surface area contributed by atoms with Gasteiger partial charge in [-0.15, -0.1) is 0 Å². The van der Waals surface area contributed by atoms with Crippen LogP contribution < -0.4 is 11.5 Å². The van der Waals surface area contributed by atoms with E-state index in [4.69, 9.17) is 20.3 Å². The van der Waals surface area contributed by atoms with Crippen molar-refractivity contribution in [3.63, 3.8) is 0 Å². The van der Waals surface area contributed by atoms with Crippen LogP contribution in [0.4, 0.5) is 4.79 Å². The van der Waals surface area contributed by atoms with Crippen molar-refractivity contribution in [1.29, 1.82) is 0 Å². The highest BCUT2D eigenvalue weighted by atomic mass is 17.1. The molecule has 0 aromatic rings. The summed E-state index contributed by atoms with van der Waals surface area (Å²) < 4.78 is 0. The Morgan fingerprint density at radius 1 is 1.36 bits per heavy atom. The zero-order chi connectivity index (χ0) is 9.44. The predicted molar refractivity (Wildman–Crippen MR) is 35.4 cm³/mol. The maximum absolute atomic E-state index is 9.00. The minimum absolute atomic E-state index is 0.456. The summed E-state index contributed by atoms with van der Waals surface area (Å²) >= 11 is 0. The minimum atomic E-state index is -0.875. The highest BCUT2D eigenvalue weighted by molar-refractivity contribution is 5.69. The molecule has 0 atom stereocenters. The maximum Gasteiger partial charge on any atom is 0.352 e. The van der Waals surface area contributed by atoms with E-state index in [0.29, 0.717) is 0 Å². The van der Waals surface area contributed by atoms with Crippen LogP contribution in [-0.4, -0.2) is 21.5 Å². The molecule has 66 valence electrons. The molecular formula is C4H10N2O5. The van der Waals surface area contributed by atoms with E-state index in [1.807, 2.05) is 0 Å². The number of primary amides is 2. The summed E-state index contributed by atoms with van der Waals surface area (Å²) in [6.45, 7) is 1.17. The highest BCUT2D eigenvalue weighted by Gasteiger charge is 1.94. The van der Waals surface area contributed by atoms with Gasteiger partial charge in [0.1, 0.15) is 0 Å². The number of hydrogen-bond acceptors (Lipinski definition) is 5. The van der Waals surface area contributed by atoms with Gasteiger partial charge >= 0.3 is 12.0 Å². The third kappa shape index (κ3) is 17.8. The second-order valence-electron chi connectivity index (χ2n) is 1.38. The van der Waals surface area contributed by atoms with Crippen molar-refractivity contribution in [1.82, 2.24) is 0 Å². The molecule has 0 spiro atoms. The van der Waals surface area contributed by atoms with Crippen molar-refractivity contribution < 1.29 is 25.2 Å². The molecule has 0 aromatic heterocycles. The fourth-order valence-electron chi connectivity index (χ4n) is 0.0661. The molecule has 0 saturated carbocycles. The van der Waals surface area contributed by atoms with Gasteiger partial charge in [-0.25, -0.2) is 4.79 Å². The molecule has 11 heavy (non-hydrogen) atoms. The number of hydrogen-bond donors (Lipinski definition) is 5. The number of nitrogens with two attached hydrogens (primary N) is 2. The first-order chi connectivity index (χ1) is 4.91.